The zero-order valence-corrected chi connectivity index (χ0v) is 6.20. The SMILES string of the molecule is Cc1c(F)cc(C(F)F)[nH]c1=O. The van der Waals surface area contributed by atoms with Gasteiger partial charge in [0, 0.05) is 5.56 Å². The molecular formula is C7H6F3NO. The highest BCUT2D eigenvalue weighted by atomic mass is 19.3. The minimum atomic E-state index is -2.85. The van der Waals surface area contributed by atoms with E-state index in [-0.39, 0.29) is 5.56 Å². The van der Waals surface area contributed by atoms with E-state index in [4.69, 9.17) is 0 Å². The first kappa shape index (κ1) is 8.83. The summed E-state index contributed by atoms with van der Waals surface area (Å²) in [5.74, 6) is -0.908. The summed E-state index contributed by atoms with van der Waals surface area (Å²) in [6.45, 7) is 1.23. The van der Waals surface area contributed by atoms with Crippen molar-refractivity contribution >= 4 is 0 Å². The molecule has 0 saturated carbocycles. The first-order valence-electron chi connectivity index (χ1n) is 3.20. The maximum Gasteiger partial charge on any atom is 0.278 e. The fourth-order valence-electron chi connectivity index (χ4n) is 0.732. The summed E-state index contributed by atoms with van der Waals surface area (Å²) in [5, 5.41) is 0. The van der Waals surface area contributed by atoms with Crippen LogP contribution in [0.4, 0.5) is 13.2 Å². The molecule has 0 atom stereocenters. The Hall–Kier alpha value is -1.26. The Labute approximate surface area is 66.0 Å². The van der Waals surface area contributed by atoms with Crippen LogP contribution in [0, 0.1) is 12.7 Å². The number of nitrogens with one attached hydrogen (secondary N) is 1. The zero-order chi connectivity index (χ0) is 9.30. The van der Waals surface area contributed by atoms with Gasteiger partial charge in [0.2, 0.25) is 0 Å². The van der Waals surface area contributed by atoms with Crippen molar-refractivity contribution < 1.29 is 13.2 Å². The van der Waals surface area contributed by atoms with E-state index in [1.165, 1.54) is 6.92 Å². The number of hydrogen-bond acceptors (Lipinski definition) is 1. The lowest BCUT2D eigenvalue weighted by atomic mass is 10.2. The topological polar surface area (TPSA) is 32.9 Å². The molecule has 66 valence electrons. The van der Waals surface area contributed by atoms with Crippen LogP contribution in [0.3, 0.4) is 0 Å². The minimum absolute atomic E-state index is 0.181. The van der Waals surface area contributed by atoms with Crippen LogP contribution in [0.25, 0.3) is 0 Å². The van der Waals surface area contributed by atoms with Crippen molar-refractivity contribution in [3.8, 4) is 0 Å². The highest BCUT2D eigenvalue weighted by Gasteiger charge is 2.11. The molecule has 1 aromatic rings. The van der Waals surface area contributed by atoms with Crippen LogP contribution in [0.1, 0.15) is 17.7 Å². The maximum absolute atomic E-state index is 12.6. The average molecular weight is 177 g/mol. The Kier molecular flexibility index (Phi) is 2.21. The Morgan fingerprint density at radius 1 is 1.50 bits per heavy atom. The van der Waals surface area contributed by atoms with Crippen molar-refractivity contribution in [3.63, 3.8) is 0 Å². The molecule has 0 aromatic carbocycles. The number of H-pyrrole nitrogens is 1. The van der Waals surface area contributed by atoms with E-state index in [0.29, 0.717) is 6.07 Å². The number of pyridine rings is 1. The number of rotatable bonds is 1. The second-order valence-corrected chi connectivity index (χ2v) is 2.33. The number of halogens is 3. The quantitative estimate of drug-likeness (QED) is 0.696. The van der Waals surface area contributed by atoms with Crippen molar-refractivity contribution in [2.45, 2.75) is 13.3 Å². The molecule has 5 heteroatoms. The standard InChI is InChI=1S/C7H6F3NO/c1-3-4(8)2-5(6(9)10)11-7(3)12/h2,6H,1H3,(H,11,12). The third-order valence-electron chi connectivity index (χ3n) is 1.47. The van der Waals surface area contributed by atoms with E-state index in [0.717, 1.165) is 0 Å². The molecule has 0 amide bonds. The number of aromatic nitrogens is 1. The monoisotopic (exact) mass is 177 g/mol. The molecule has 1 N–H and O–H groups in total. The summed E-state index contributed by atoms with van der Waals surface area (Å²) in [6.07, 6.45) is -2.85. The predicted molar refractivity (Wildman–Crippen MR) is 36.7 cm³/mol. The Morgan fingerprint density at radius 3 is 2.50 bits per heavy atom. The van der Waals surface area contributed by atoms with Crippen molar-refractivity contribution in [2.24, 2.45) is 0 Å². The molecule has 2 nitrogen and oxygen atoms in total. The van der Waals surface area contributed by atoms with Gasteiger partial charge < -0.3 is 4.98 Å². The summed E-state index contributed by atoms with van der Waals surface area (Å²) in [4.78, 5) is 12.6. The number of alkyl halides is 2. The third kappa shape index (κ3) is 1.49. The van der Waals surface area contributed by atoms with Crippen LogP contribution in [0.15, 0.2) is 10.9 Å². The summed E-state index contributed by atoms with van der Waals surface area (Å²) >= 11 is 0. The molecule has 0 aliphatic heterocycles. The second-order valence-electron chi connectivity index (χ2n) is 2.33. The second kappa shape index (κ2) is 3.00. The molecule has 0 unspecified atom stereocenters. The molecule has 1 rings (SSSR count). The lowest BCUT2D eigenvalue weighted by molar-refractivity contribution is 0.145. The van der Waals surface area contributed by atoms with Crippen molar-refractivity contribution in [2.75, 3.05) is 0 Å². The van der Waals surface area contributed by atoms with E-state index in [9.17, 15) is 18.0 Å². The van der Waals surface area contributed by atoms with Gasteiger partial charge >= 0.3 is 0 Å². The van der Waals surface area contributed by atoms with Gasteiger partial charge in [0.15, 0.2) is 0 Å². The van der Waals surface area contributed by atoms with Gasteiger partial charge in [-0.2, -0.15) is 0 Å². The fourth-order valence-corrected chi connectivity index (χ4v) is 0.732. The lowest BCUT2D eigenvalue weighted by Gasteiger charge is -2.00. The van der Waals surface area contributed by atoms with E-state index in [1.807, 2.05) is 4.98 Å². The van der Waals surface area contributed by atoms with Crippen LogP contribution in [-0.4, -0.2) is 4.98 Å². The van der Waals surface area contributed by atoms with E-state index >= 15 is 0 Å². The minimum Gasteiger partial charge on any atom is -0.321 e. The van der Waals surface area contributed by atoms with Gasteiger partial charge in [-0.05, 0) is 13.0 Å². The van der Waals surface area contributed by atoms with Crippen molar-refractivity contribution in [3.05, 3.63) is 33.5 Å². The molecule has 12 heavy (non-hydrogen) atoms. The van der Waals surface area contributed by atoms with Gasteiger partial charge in [-0.25, -0.2) is 13.2 Å². The largest absolute Gasteiger partial charge is 0.321 e. The summed E-state index contributed by atoms with van der Waals surface area (Å²) in [7, 11) is 0. The molecule has 1 aromatic heterocycles. The molecule has 0 spiro atoms. The zero-order valence-electron chi connectivity index (χ0n) is 6.20. The first-order valence-corrected chi connectivity index (χ1v) is 3.20. The van der Waals surface area contributed by atoms with Crippen molar-refractivity contribution in [1.82, 2.24) is 4.98 Å². The molecule has 0 saturated heterocycles. The molecule has 0 aliphatic rings. The highest BCUT2D eigenvalue weighted by Crippen LogP contribution is 2.15. The highest BCUT2D eigenvalue weighted by molar-refractivity contribution is 5.15. The molecular weight excluding hydrogens is 171 g/mol. The number of aromatic amines is 1. The summed E-state index contributed by atoms with van der Waals surface area (Å²) in [6, 6.07) is 0.626. The van der Waals surface area contributed by atoms with Crippen molar-refractivity contribution in [1.29, 1.82) is 0 Å². The van der Waals surface area contributed by atoms with Gasteiger partial charge in [-0.1, -0.05) is 0 Å². The molecule has 0 fully saturated rings. The predicted octanol–water partition coefficient (Wildman–Crippen LogP) is 1.76. The van der Waals surface area contributed by atoms with Crippen LogP contribution in [0.5, 0.6) is 0 Å². The van der Waals surface area contributed by atoms with E-state index in [2.05, 4.69) is 0 Å². The molecule has 1 heterocycles. The van der Waals surface area contributed by atoms with Gasteiger partial charge in [0.1, 0.15) is 5.82 Å². The first-order chi connectivity index (χ1) is 5.52. The van der Waals surface area contributed by atoms with Crippen LogP contribution >= 0.6 is 0 Å². The average Bonchev–Trinajstić information content (AvgIpc) is 1.99. The lowest BCUT2D eigenvalue weighted by Crippen LogP contribution is -2.14. The van der Waals surface area contributed by atoms with Gasteiger partial charge in [0.25, 0.3) is 12.0 Å². The Balaban J connectivity index is 3.31. The van der Waals surface area contributed by atoms with Crippen LogP contribution in [-0.2, 0) is 0 Å². The van der Waals surface area contributed by atoms with E-state index in [1.54, 1.807) is 0 Å². The smallest absolute Gasteiger partial charge is 0.278 e. The molecule has 0 radical (unpaired) electrons. The number of hydrogen-bond donors (Lipinski definition) is 1. The van der Waals surface area contributed by atoms with Gasteiger partial charge in [-0.15, -0.1) is 0 Å². The Morgan fingerprint density at radius 2 is 2.08 bits per heavy atom. The fraction of sp³-hybridized carbons (Fsp3) is 0.286. The normalized spacial score (nSPS) is 10.8. The van der Waals surface area contributed by atoms with E-state index < -0.39 is 23.5 Å². The van der Waals surface area contributed by atoms with Gasteiger partial charge in [0.05, 0.1) is 5.69 Å². The van der Waals surface area contributed by atoms with Gasteiger partial charge in [-0.3, -0.25) is 4.79 Å². The van der Waals surface area contributed by atoms with Crippen LogP contribution < -0.4 is 5.56 Å². The third-order valence-corrected chi connectivity index (χ3v) is 1.47. The maximum atomic E-state index is 12.6. The van der Waals surface area contributed by atoms with Crippen LogP contribution in [0.2, 0.25) is 0 Å². The molecule has 0 bridgehead atoms. The molecule has 0 aliphatic carbocycles. The Bertz CT molecular complexity index is 345. The summed E-state index contributed by atoms with van der Waals surface area (Å²) in [5.41, 5.74) is -1.69. The summed E-state index contributed by atoms with van der Waals surface area (Å²) < 4.78 is 36.5.